The molecule has 1 aromatic carbocycles. The van der Waals surface area contributed by atoms with Gasteiger partial charge in [-0.2, -0.15) is 5.10 Å². The highest BCUT2D eigenvalue weighted by Gasteiger charge is 2.21. The molecule has 0 saturated carbocycles. The number of benzene rings is 1. The lowest BCUT2D eigenvalue weighted by Crippen LogP contribution is -2.46. The first-order chi connectivity index (χ1) is 14.7. The van der Waals surface area contributed by atoms with Crippen LogP contribution in [-0.4, -0.2) is 55.8 Å². The Bertz CT molecular complexity index is 1140. The van der Waals surface area contributed by atoms with E-state index in [-0.39, 0.29) is 0 Å². The molecule has 0 unspecified atom stereocenters. The van der Waals surface area contributed by atoms with Crippen LogP contribution in [0.25, 0.3) is 21.6 Å². The van der Waals surface area contributed by atoms with E-state index in [2.05, 4.69) is 61.4 Å². The molecule has 30 heavy (non-hydrogen) atoms. The molecule has 1 aliphatic heterocycles. The van der Waals surface area contributed by atoms with E-state index >= 15 is 0 Å². The van der Waals surface area contributed by atoms with Crippen molar-refractivity contribution in [3.05, 3.63) is 53.4 Å². The standard InChI is InChI=1S/C22H25N7S/c1-3-16-4-6-17(7-5-16)22-26-18(14-30-22)13-28-8-10-29(11-9-28)21-19-12-25-27(2)20(19)23-15-24-21/h4-7,12,14-15H,3,8-11,13H2,1-2H3. The highest BCUT2D eigenvalue weighted by molar-refractivity contribution is 7.13. The second-order valence-electron chi connectivity index (χ2n) is 7.66. The van der Waals surface area contributed by atoms with Gasteiger partial charge >= 0.3 is 0 Å². The maximum absolute atomic E-state index is 4.88. The molecule has 8 heteroatoms. The number of aromatic nitrogens is 5. The van der Waals surface area contributed by atoms with E-state index in [1.54, 1.807) is 22.3 Å². The number of aryl methyl sites for hydroxylation is 2. The van der Waals surface area contributed by atoms with E-state index in [0.29, 0.717) is 0 Å². The van der Waals surface area contributed by atoms with E-state index in [1.165, 1.54) is 11.1 Å². The van der Waals surface area contributed by atoms with Crippen LogP contribution in [0.5, 0.6) is 0 Å². The molecule has 0 bridgehead atoms. The summed E-state index contributed by atoms with van der Waals surface area (Å²) in [5, 5.41) is 8.65. The van der Waals surface area contributed by atoms with Gasteiger partial charge in [0.15, 0.2) is 5.65 Å². The predicted octanol–water partition coefficient (Wildman–Crippen LogP) is 3.37. The summed E-state index contributed by atoms with van der Waals surface area (Å²) in [7, 11) is 1.91. The van der Waals surface area contributed by atoms with Gasteiger partial charge in [0.25, 0.3) is 0 Å². The Kier molecular flexibility index (Phi) is 5.18. The van der Waals surface area contributed by atoms with Gasteiger partial charge in [-0.15, -0.1) is 11.3 Å². The van der Waals surface area contributed by atoms with Crippen LogP contribution >= 0.6 is 11.3 Å². The van der Waals surface area contributed by atoms with Crippen molar-refractivity contribution in [2.45, 2.75) is 19.9 Å². The fraction of sp³-hybridized carbons (Fsp3) is 0.364. The van der Waals surface area contributed by atoms with Crippen molar-refractivity contribution in [1.29, 1.82) is 0 Å². The number of piperazine rings is 1. The summed E-state index contributed by atoms with van der Waals surface area (Å²) >= 11 is 1.73. The average Bonchev–Trinajstić information content (AvgIpc) is 3.41. The SMILES string of the molecule is CCc1ccc(-c2nc(CN3CCN(c4ncnc5c4cnn5C)CC3)cs2)cc1. The molecule has 3 aromatic heterocycles. The van der Waals surface area contributed by atoms with E-state index in [9.17, 15) is 0 Å². The molecule has 7 nitrogen and oxygen atoms in total. The molecule has 154 valence electrons. The molecule has 1 aliphatic rings. The van der Waals surface area contributed by atoms with Crippen LogP contribution in [0.1, 0.15) is 18.2 Å². The number of rotatable bonds is 5. The minimum absolute atomic E-state index is 0.879. The van der Waals surface area contributed by atoms with Gasteiger partial charge in [0.2, 0.25) is 0 Å². The summed E-state index contributed by atoms with van der Waals surface area (Å²) in [4.78, 5) is 18.6. The predicted molar refractivity (Wildman–Crippen MR) is 121 cm³/mol. The zero-order valence-corrected chi connectivity index (χ0v) is 18.1. The minimum atomic E-state index is 0.879. The van der Waals surface area contributed by atoms with Crippen LogP contribution in [0.15, 0.2) is 42.2 Å². The summed E-state index contributed by atoms with van der Waals surface area (Å²) in [5.41, 5.74) is 4.60. The van der Waals surface area contributed by atoms with Gasteiger partial charge in [-0.25, -0.2) is 15.0 Å². The lowest BCUT2D eigenvalue weighted by Gasteiger charge is -2.35. The largest absolute Gasteiger partial charge is 0.353 e. The maximum Gasteiger partial charge on any atom is 0.163 e. The van der Waals surface area contributed by atoms with Crippen LogP contribution in [-0.2, 0) is 20.0 Å². The summed E-state index contributed by atoms with van der Waals surface area (Å²) < 4.78 is 1.80. The summed E-state index contributed by atoms with van der Waals surface area (Å²) in [6.07, 6.45) is 4.56. The molecule has 0 radical (unpaired) electrons. The number of hydrogen-bond acceptors (Lipinski definition) is 7. The number of hydrogen-bond donors (Lipinski definition) is 0. The lowest BCUT2D eigenvalue weighted by atomic mass is 10.1. The van der Waals surface area contributed by atoms with Gasteiger partial charge in [0, 0.05) is 50.7 Å². The number of thiazole rings is 1. The van der Waals surface area contributed by atoms with Gasteiger partial charge in [0.05, 0.1) is 17.3 Å². The molecule has 0 aliphatic carbocycles. The zero-order chi connectivity index (χ0) is 20.5. The Balaban J connectivity index is 1.23. The third-order valence-electron chi connectivity index (χ3n) is 5.73. The Morgan fingerprint density at radius 1 is 1.03 bits per heavy atom. The third kappa shape index (κ3) is 3.68. The first-order valence-electron chi connectivity index (χ1n) is 10.3. The fourth-order valence-electron chi connectivity index (χ4n) is 3.94. The van der Waals surface area contributed by atoms with E-state index in [0.717, 1.165) is 66.7 Å². The Morgan fingerprint density at radius 2 is 1.83 bits per heavy atom. The van der Waals surface area contributed by atoms with E-state index < -0.39 is 0 Å². The normalized spacial score (nSPS) is 15.2. The first-order valence-corrected chi connectivity index (χ1v) is 11.2. The van der Waals surface area contributed by atoms with E-state index in [4.69, 9.17) is 4.98 Å². The number of nitrogens with zero attached hydrogens (tertiary/aromatic N) is 7. The summed E-state index contributed by atoms with van der Waals surface area (Å²) in [6, 6.07) is 8.76. The van der Waals surface area contributed by atoms with Gasteiger partial charge in [-0.05, 0) is 12.0 Å². The van der Waals surface area contributed by atoms with Crippen molar-refractivity contribution in [2.24, 2.45) is 7.05 Å². The van der Waals surface area contributed by atoms with Crippen LogP contribution in [0.4, 0.5) is 5.82 Å². The second-order valence-corrected chi connectivity index (χ2v) is 8.52. The second kappa shape index (κ2) is 8.12. The lowest BCUT2D eigenvalue weighted by molar-refractivity contribution is 0.247. The smallest absolute Gasteiger partial charge is 0.163 e. The van der Waals surface area contributed by atoms with Crippen LogP contribution < -0.4 is 4.90 Å². The molecule has 0 N–H and O–H groups in total. The van der Waals surface area contributed by atoms with Crippen LogP contribution in [0, 0.1) is 0 Å². The minimum Gasteiger partial charge on any atom is -0.353 e. The van der Waals surface area contributed by atoms with Crippen molar-refractivity contribution in [3.63, 3.8) is 0 Å². The topological polar surface area (TPSA) is 63.0 Å². The van der Waals surface area contributed by atoms with Crippen molar-refractivity contribution in [1.82, 2.24) is 29.6 Å². The summed E-state index contributed by atoms with van der Waals surface area (Å²) in [6.45, 7) is 6.93. The molecular formula is C22H25N7S. The van der Waals surface area contributed by atoms with Gasteiger partial charge in [-0.1, -0.05) is 31.2 Å². The van der Waals surface area contributed by atoms with Crippen molar-refractivity contribution >= 4 is 28.2 Å². The molecule has 1 saturated heterocycles. The van der Waals surface area contributed by atoms with Gasteiger partial charge in [0.1, 0.15) is 17.2 Å². The van der Waals surface area contributed by atoms with Crippen LogP contribution in [0.3, 0.4) is 0 Å². The molecule has 1 fully saturated rings. The Morgan fingerprint density at radius 3 is 2.60 bits per heavy atom. The van der Waals surface area contributed by atoms with Crippen LogP contribution in [0.2, 0.25) is 0 Å². The monoisotopic (exact) mass is 419 g/mol. The fourth-order valence-corrected chi connectivity index (χ4v) is 4.76. The molecule has 4 aromatic rings. The molecule has 0 spiro atoms. The molecular weight excluding hydrogens is 394 g/mol. The highest BCUT2D eigenvalue weighted by atomic mass is 32.1. The highest BCUT2D eigenvalue weighted by Crippen LogP contribution is 2.26. The zero-order valence-electron chi connectivity index (χ0n) is 17.3. The maximum atomic E-state index is 4.88. The molecule has 0 atom stereocenters. The number of fused-ring (bicyclic) bond motifs is 1. The average molecular weight is 420 g/mol. The Labute approximate surface area is 180 Å². The quantitative estimate of drug-likeness (QED) is 0.494. The molecule has 5 rings (SSSR count). The number of anilines is 1. The van der Waals surface area contributed by atoms with Crippen molar-refractivity contribution < 1.29 is 0 Å². The van der Waals surface area contributed by atoms with Crippen molar-refractivity contribution in [3.8, 4) is 10.6 Å². The van der Waals surface area contributed by atoms with Crippen molar-refractivity contribution in [2.75, 3.05) is 31.1 Å². The van der Waals surface area contributed by atoms with E-state index in [1.807, 2.05) is 13.2 Å². The molecule has 0 amide bonds. The van der Waals surface area contributed by atoms with Gasteiger partial charge < -0.3 is 4.90 Å². The Hall–Kier alpha value is -2.84. The summed E-state index contributed by atoms with van der Waals surface area (Å²) in [5.74, 6) is 0.985. The third-order valence-corrected chi connectivity index (χ3v) is 6.67. The van der Waals surface area contributed by atoms with Gasteiger partial charge in [-0.3, -0.25) is 9.58 Å². The molecule has 4 heterocycles. The first kappa shape index (κ1) is 19.1.